The number of amides is 1. The Morgan fingerprint density at radius 3 is 2.27 bits per heavy atom. The number of benzene rings is 2. The lowest BCUT2D eigenvalue weighted by Gasteiger charge is -2.36. The first-order valence-electron chi connectivity index (χ1n) is 12.8. The molecule has 2 atom stereocenters. The van der Waals surface area contributed by atoms with E-state index in [1.54, 1.807) is 38.1 Å². The van der Waals surface area contributed by atoms with E-state index in [0.717, 1.165) is 12.0 Å². The van der Waals surface area contributed by atoms with E-state index in [4.69, 9.17) is 9.47 Å². The van der Waals surface area contributed by atoms with Crippen molar-refractivity contribution >= 4 is 33.1 Å². The van der Waals surface area contributed by atoms with Crippen LogP contribution < -0.4 is 19.5 Å². The Hall–Kier alpha value is -3.07. The zero-order valence-corrected chi connectivity index (χ0v) is 23.0. The van der Waals surface area contributed by atoms with Crippen LogP contribution in [0.2, 0.25) is 0 Å². The summed E-state index contributed by atoms with van der Waals surface area (Å²) in [6, 6.07) is 10.3. The highest BCUT2D eigenvalue weighted by atomic mass is 32.2. The molecule has 2 unspecified atom stereocenters. The Morgan fingerprint density at radius 2 is 1.70 bits per heavy atom. The van der Waals surface area contributed by atoms with Crippen LogP contribution in [0.15, 0.2) is 36.4 Å². The zero-order valence-electron chi connectivity index (χ0n) is 22.1. The quantitative estimate of drug-likeness (QED) is 0.440. The maximum absolute atomic E-state index is 13.4. The lowest BCUT2D eigenvalue weighted by molar-refractivity contribution is -0.128. The van der Waals surface area contributed by atoms with E-state index in [1.807, 2.05) is 26.8 Å². The number of carbonyl (C=O) groups excluding carboxylic acids is 2. The predicted octanol–water partition coefficient (Wildman–Crippen LogP) is 5.18. The maximum atomic E-state index is 13.4. The Bertz CT molecular complexity index is 1320. The first-order valence-corrected chi connectivity index (χ1v) is 14.4. The molecule has 1 amide bonds. The molecule has 200 valence electrons. The lowest BCUT2D eigenvalue weighted by atomic mass is 9.70. The fraction of sp³-hybridized carbons (Fsp3) is 0.500. The number of Topliss-reactive ketones (excluding diaryl/α,β-unsaturated/α-hetero) is 1. The Labute approximate surface area is 219 Å². The molecule has 2 aliphatic carbocycles. The first-order chi connectivity index (χ1) is 17.4. The number of hydrogen-bond donors (Lipinski definition) is 2. The third-order valence-electron chi connectivity index (χ3n) is 8.05. The summed E-state index contributed by atoms with van der Waals surface area (Å²) in [5.41, 5.74) is 0.747. The van der Waals surface area contributed by atoms with Gasteiger partial charge in [-0.1, -0.05) is 31.5 Å². The van der Waals surface area contributed by atoms with E-state index < -0.39 is 15.4 Å². The van der Waals surface area contributed by atoms with E-state index in [2.05, 4.69) is 10.0 Å². The number of sulfonamides is 1. The lowest BCUT2D eigenvalue weighted by Crippen LogP contribution is -2.43. The van der Waals surface area contributed by atoms with Crippen LogP contribution >= 0.6 is 0 Å². The van der Waals surface area contributed by atoms with E-state index in [0.29, 0.717) is 36.4 Å². The minimum Gasteiger partial charge on any atom is -0.492 e. The van der Waals surface area contributed by atoms with Crippen molar-refractivity contribution in [1.29, 1.82) is 0 Å². The molecule has 0 spiro atoms. The van der Waals surface area contributed by atoms with Crippen LogP contribution in [0.3, 0.4) is 0 Å². The number of carbonyl (C=O) groups is 2. The number of ketones is 1. The minimum absolute atomic E-state index is 0.0355. The van der Waals surface area contributed by atoms with Gasteiger partial charge >= 0.3 is 0 Å². The van der Waals surface area contributed by atoms with Crippen LogP contribution in [0, 0.1) is 23.7 Å². The maximum Gasteiger partial charge on any atom is 0.255 e. The van der Waals surface area contributed by atoms with Gasteiger partial charge in [-0.05, 0) is 57.1 Å². The number of ether oxygens (including phenoxy) is 2. The molecule has 2 aromatic rings. The van der Waals surface area contributed by atoms with Crippen LogP contribution in [0.4, 0.5) is 11.4 Å². The molecule has 2 N–H and O–H groups in total. The molecule has 0 heterocycles. The smallest absolute Gasteiger partial charge is 0.255 e. The van der Waals surface area contributed by atoms with Crippen LogP contribution in [0.25, 0.3) is 0 Å². The van der Waals surface area contributed by atoms with Gasteiger partial charge in [-0.3, -0.25) is 14.3 Å². The van der Waals surface area contributed by atoms with Gasteiger partial charge in [0.05, 0.1) is 35.8 Å². The molecule has 8 nitrogen and oxygen atoms in total. The Kier molecular flexibility index (Phi) is 7.29. The standard InChI is InChI=1S/C28H36N2O6S/c1-6-35-23-16-22(30-37(33,34)17-28-12-11-20(14-25(28)31)27(28,4)5)24(36-7-2)15-21(23)29-26(32)19-10-8-9-18(3)13-19/h8-10,13,15-16,20,30H,6-7,11-12,14,17H2,1-5H3,(H,29,32). The third-order valence-corrected chi connectivity index (χ3v) is 9.45. The Morgan fingerprint density at radius 1 is 1.05 bits per heavy atom. The van der Waals surface area contributed by atoms with Gasteiger partial charge < -0.3 is 14.8 Å². The average molecular weight is 529 g/mol. The number of nitrogens with one attached hydrogen (secondary N) is 2. The second-order valence-corrected chi connectivity index (χ2v) is 12.3. The normalized spacial score (nSPS) is 22.1. The predicted molar refractivity (Wildman–Crippen MR) is 144 cm³/mol. The van der Waals surface area contributed by atoms with Gasteiger partial charge in [0.25, 0.3) is 5.91 Å². The van der Waals surface area contributed by atoms with Crippen molar-refractivity contribution in [2.24, 2.45) is 16.7 Å². The van der Waals surface area contributed by atoms with Crippen molar-refractivity contribution in [2.75, 3.05) is 29.0 Å². The fourth-order valence-corrected chi connectivity index (χ4v) is 7.80. The summed E-state index contributed by atoms with van der Waals surface area (Å²) in [5, 5.41) is 2.86. The molecule has 0 radical (unpaired) electrons. The second-order valence-electron chi connectivity index (χ2n) is 10.6. The Balaban J connectivity index is 1.65. The molecule has 37 heavy (non-hydrogen) atoms. The van der Waals surface area contributed by atoms with Crippen LogP contribution in [0.1, 0.15) is 62.9 Å². The molecule has 0 aliphatic heterocycles. The SMILES string of the molecule is CCOc1cc(NS(=O)(=O)CC23CCC(CC2=O)C3(C)C)c(OCC)cc1NC(=O)c1cccc(C)c1. The molecule has 2 aliphatic rings. The fourth-order valence-electron chi connectivity index (χ4n) is 5.90. The molecular formula is C28H36N2O6S. The molecule has 0 saturated heterocycles. The summed E-state index contributed by atoms with van der Waals surface area (Å²) >= 11 is 0. The van der Waals surface area contributed by atoms with Gasteiger partial charge in [-0.15, -0.1) is 0 Å². The summed E-state index contributed by atoms with van der Waals surface area (Å²) < 4.78 is 41.1. The molecule has 2 saturated carbocycles. The average Bonchev–Trinajstić information content (AvgIpc) is 3.15. The molecule has 2 aromatic carbocycles. The van der Waals surface area contributed by atoms with Crippen LogP contribution in [-0.4, -0.2) is 39.1 Å². The number of hydrogen-bond acceptors (Lipinski definition) is 6. The number of fused-ring (bicyclic) bond motifs is 2. The van der Waals surface area contributed by atoms with E-state index >= 15 is 0 Å². The van der Waals surface area contributed by atoms with E-state index in [9.17, 15) is 18.0 Å². The first kappa shape index (κ1) is 27.0. The van der Waals surface area contributed by atoms with Gasteiger partial charge in [0.2, 0.25) is 10.0 Å². The highest BCUT2D eigenvalue weighted by molar-refractivity contribution is 7.92. The van der Waals surface area contributed by atoms with Gasteiger partial charge in [-0.25, -0.2) is 8.42 Å². The van der Waals surface area contributed by atoms with Crippen molar-refractivity contribution in [2.45, 2.75) is 53.9 Å². The largest absolute Gasteiger partial charge is 0.492 e. The van der Waals surface area contributed by atoms with Crippen molar-refractivity contribution in [3.05, 3.63) is 47.5 Å². The summed E-state index contributed by atoms with van der Waals surface area (Å²) in [5.74, 6) is 0.221. The number of rotatable bonds is 10. The van der Waals surface area contributed by atoms with Crippen molar-refractivity contribution in [3.8, 4) is 11.5 Å². The minimum atomic E-state index is -3.92. The van der Waals surface area contributed by atoms with Gasteiger partial charge in [0, 0.05) is 24.1 Å². The highest BCUT2D eigenvalue weighted by Gasteiger charge is 2.65. The topological polar surface area (TPSA) is 111 Å². The van der Waals surface area contributed by atoms with Gasteiger partial charge in [0.1, 0.15) is 17.3 Å². The molecule has 2 bridgehead atoms. The summed E-state index contributed by atoms with van der Waals surface area (Å²) in [6.45, 7) is 10.1. The number of aryl methyl sites for hydroxylation is 1. The number of anilines is 2. The van der Waals surface area contributed by atoms with Crippen molar-refractivity contribution in [1.82, 2.24) is 0 Å². The summed E-state index contributed by atoms with van der Waals surface area (Å²) in [4.78, 5) is 25.8. The van der Waals surface area contributed by atoms with Gasteiger partial charge in [-0.2, -0.15) is 0 Å². The van der Waals surface area contributed by atoms with E-state index in [-0.39, 0.29) is 46.8 Å². The van der Waals surface area contributed by atoms with Crippen LogP contribution in [0.5, 0.6) is 11.5 Å². The second kappa shape index (κ2) is 10.0. The summed E-state index contributed by atoms with van der Waals surface area (Å²) in [6.07, 6.45) is 1.88. The third kappa shape index (κ3) is 5.06. The molecule has 9 heteroatoms. The molecule has 0 aromatic heterocycles. The summed E-state index contributed by atoms with van der Waals surface area (Å²) in [7, 11) is -3.92. The van der Waals surface area contributed by atoms with Crippen molar-refractivity contribution in [3.63, 3.8) is 0 Å². The monoisotopic (exact) mass is 528 g/mol. The van der Waals surface area contributed by atoms with Gasteiger partial charge in [0.15, 0.2) is 0 Å². The molecular weight excluding hydrogens is 492 g/mol. The van der Waals surface area contributed by atoms with Crippen LogP contribution in [-0.2, 0) is 14.8 Å². The molecule has 2 fully saturated rings. The molecule has 4 rings (SSSR count). The highest BCUT2D eigenvalue weighted by Crippen LogP contribution is 2.64. The zero-order chi connectivity index (χ0) is 27.0. The van der Waals surface area contributed by atoms with Crippen molar-refractivity contribution < 1.29 is 27.5 Å². The van der Waals surface area contributed by atoms with E-state index in [1.165, 1.54) is 6.07 Å².